The fourth-order valence-electron chi connectivity index (χ4n) is 5.09. The van der Waals surface area contributed by atoms with Crippen molar-refractivity contribution in [1.82, 2.24) is 34.2 Å². The van der Waals surface area contributed by atoms with Crippen molar-refractivity contribution < 1.29 is 18.7 Å². The second-order valence-electron chi connectivity index (χ2n) is 12.0. The number of aromatic nitrogens is 6. The number of nitrogens with one attached hydrogen (secondary N) is 1. The van der Waals surface area contributed by atoms with Gasteiger partial charge in [0.1, 0.15) is 29.3 Å². The minimum atomic E-state index is -0.711. The average Bonchev–Trinajstić information content (AvgIpc) is 3.52. The minimum absolute atomic E-state index is 0.114. The highest BCUT2D eigenvalue weighted by atomic mass is 19.1. The number of halogens is 1. The van der Waals surface area contributed by atoms with Gasteiger partial charge in [0.15, 0.2) is 5.82 Å². The molecular formula is C30H33FN8O3. The lowest BCUT2D eigenvalue weighted by atomic mass is 10.1. The lowest BCUT2D eigenvalue weighted by Gasteiger charge is -2.26. The predicted molar refractivity (Wildman–Crippen MR) is 153 cm³/mol. The number of nitrogens with zero attached hydrogens (tertiary/aromatic N) is 7. The van der Waals surface area contributed by atoms with E-state index in [1.54, 1.807) is 56.5 Å². The Morgan fingerprint density at radius 3 is 2.62 bits per heavy atom. The van der Waals surface area contributed by atoms with Gasteiger partial charge in [0.2, 0.25) is 0 Å². The number of amides is 2. The molecular weight excluding hydrogens is 539 g/mol. The summed E-state index contributed by atoms with van der Waals surface area (Å²) in [5, 5.41) is 10.9. The second-order valence-corrected chi connectivity index (χ2v) is 12.0. The summed E-state index contributed by atoms with van der Waals surface area (Å²) in [7, 11) is 0. The normalized spacial score (nSPS) is 14.8. The van der Waals surface area contributed by atoms with Crippen molar-refractivity contribution in [2.24, 2.45) is 0 Å². The van der Waals surface area contributed by atoms with E-state index in [4.69, 9.17) is 4.74 Å². The van der Waals surface area contributed by atoms with Crippen molar-refractivity contribution in [3.63, 3.8) is 0 Å². The van der Waals surface area contributed by atoms with Crippen molar-refractivity contribution in [3.8, 4) is 17.2 Å². The standard InChI is InChI=1S/C30H33FN8O3/c1-17(2)38-16-33-36-27(38)22-7-6-8-25(34-22)35-28(40)20-12-23-19(11-21(20)31)13-37(29(41)42-30(3,4)5)14-24-26(18-9-10-18)32-15-39(23)24/h6-8,11-12,15-18H,9-10,13-14H2,1-5H3,(H,34,35,40). The molecule has 2 aliphatic rings. The van der Waals surface area contributed by atoms with E-state index >= 15 is 4.39 Å². The quantitative estimate of drug-likeness (QED) is 0.329. The highest BCUT2D eigenvalue weighted by molar-refractivity contribution is 6.04. The predicted octanol–water partition coefficient (Wildman–Crippen LogP) is 5.63. The fourth-order valence-corrected chi connectivity index (χ4v) is 5.09. The third-order valence-electron chi connectivity index (χ3n) is 7.24. The molecule has 1 saturated carbocycles. The van der Waals surface area contributed by atoms with E-state index in [1.807, 2.05) is 23.0 Å². The first kappa shape index (κ1) is 27.6. The Morgan fingerprint density at radius 1 is 1.12 bits per heavy atom. The Hall–Kier alpha value is -4.61. The molecule has 2 amide bonds. The molecule has 0 radical (unpaired) electrons. The first-order valence-corrected chi connectivity index (χ1v) is 14.0. The number of pyridine rings is 1. The molecule has 1 fully saturated rings. The third-order valence-corrected chi connectivity index (χ3v) is 7.24. The van der Waals surface area contributed by atoms with Crippen LogP contribution < -0.4 is 5.32 Å². The molecule has 4 heterocycles. The van der Waals surface area contributed by atoms with Gasteiger partial charge in [-0.2, -0.15) is 0 Å². The largest absolute Gasteiger partial charge is 0.444 e. The van der Waals surface area contributed by atoms with Crippen LogP contribution in [0.5, 0.6) is 0 Å². The number of carbonyl (C=O) groups is 2. The van der Waals surface area contributed by atoms with Gasteiger partial charge in [-0.25, -0.2) is 19.2 Å². The molecule has 0 saturated heterocycles. The summed E-state index contributed by atoms with van der Waals surface area (Å²) in [6, 6.07) is 8.09. The molecule has 0 atom stereocenters. The van der Waals surface area contributed by atoms with Crippen molar-refractivity contribution in [1.29, 1.82) is 0 Å². The number of anilines is 1. The number of hydrogen-bond acceptors (Lipinski definition) is 7. The molecule has 42 heavy (non-hydrogen) atoms. The first-order chi connectivity index (χ1) is 20.0. The second kappa shape index (κ2) is 10.3. The zero-order valence-corrected chi connectivity index (χ0v) is 24.3. The van der Waals surface area contributed by atoms with Crippen LogP contribution >= 0.6 is 0 Å². The van der Waals surface area contributed by atoms with Crippen LogP contribution in [-0.2, 0) is 17.8 Å². The van der Waals surface area contributed by atoms with Crippen LogP contribution in [0.3, 0.4) is 0 Å². The van der Waals surface area contributed by atoms with Crippen molar-refractivity contribution in [3.05, 3.63) is 71.3 Å². The minimum Gasteiger partial charge on any atom is -0.444 e. The Morgan fingerprint density at radius 2 is 1.90 bits per heavy atom. The van der Waals surface area contributed by atoms with E-state index in [-0.39, 0.29) is 30.5 Å². The number of imidazole rings is 1. The summed E-state index contributed by atoms with van der Waals surface area (Å²) in [6.45, 7) is 9.81. The molecule has 1 N–H and O–H groups in total. The zero-order chi connectivity index (χ0) is 29.8. The number of benzene rings is 1. The molecule has 6 rings (SSSR count). The summed E-state index contributed by atoms with van der Waals surface area (Å²) in [5.41, 5.74) is 2.58. The number of carbonyl (C=O) groups excluding carboxylic acids is 2. The Labute approximate surface area is 242 Å². The molecule has 4 aromatic rings. The lowest BCUT2D eigenvalue weighted by molar-refractivity contribution is 0.0216. The SMILES string of the molecule is CC(C)n1cnnc1-c1cccc(NC(=O)c2cc3c(cc2F)CN(C(=O)OC(C)(C)C)Cc2c(C4CC4)ncn2-3)n1. The summed E-state index contributed by atoms with van der Waals surface area (Å²) in [4.78, 5) is 37.3. The van der Waals surface area contributed by atoms with E-state index in [0.29, 0.717) is 28.7 Å². The maximum Gasteiger partial charge on any atom is 0.410 e. The van der Waals surface area contributed by atoms with E-state index in [9.17, 15) is 9.59 Å². The smallest absolute Gasteiger partial charge is 0.410 e. The van der Waals surface area contributed by atoms with Crippen LogP contribution in [0.1, 0.15) is 86.7 Å². The molecule has 11 nitrogen and oxygen atoms in total. The molecule has 1 aromatic carbocycles. The van der Waals surface area contributed by atoms with Gasteiger partial charge in [-0.15, -0.1) is 10.2 Å². The van der Waals surface area contributed by atoms with E-state index in [0.717, 1.165) is 24.2 Å². The molecule has 1 aliphatic heterocycles. The van der Waals surface area contributed by atoms with Crippen LogP contribution in [-0.4, -0.2) is 51.8 Å². The van der Waals surface area contributed by atoms with E-state index in [2.05, 4.69) is 25.5 Å². The Bertz CT molecular complexity index is 1680. The van der Waals surface area contributed by atoms with Gasteiger partial charge in [0.25, 0.3) is 5.91 Å². The van der Waals surface area contributed by atoms with E-state index in [1.165, 1.54) is 12.1 Å². The van der Waals surface area contributed by atoms with Gasteiger partial charge in [0, 0.05) is 12.0 Å². The number of ether oxygens (including phenoxy) is 1. The fraction of sp³-hybridized carbons (Fsp3) is 0.400. The highest BCUT2D eigenvalue weighted by Gasteiger charge is 2.35. The molecule has 218 valence electrons. The number of rotatable bonds is 5. The molecule has 3 aromatic heterocycles. The van der Waals surface area contributed by atoms with Gasteiger partial charge >= 0.3 is 6.09 Å². The zero-order valence-electron chi connectivity index (χ0n) is 24.3. The maximum absolute atomic E-state index is 15.6. The van der Waals surface area contributed by atoms with Crippen molar-refractivity contribution in [2.45, 2.75) is 78.1 Å². The lowest BCUT2D eigenvalue weighted by Crippen LogP contribution is -2.36. The third kappa shape index (κ3) is 5.36. The molecule has 1 aliphatic carbocycles. The molecule has 0 bridgehead atoms. The topological polar surface area (TPSA) is 120 Å². The van der Waals surface area contributed by atoms with Gasteiger partial charge in [-0.05, 0) is 77.3 Å². The summed E-state index contributed by atoms with van der Waals surface area (Å²) < 4.78 is 25.0. The summed E-state index contributed by atoms with van der Waals surface area (Å²) >= 11 is 0. The van der Waals surface area contributed by atoms with Gasteiger partial charge in [0.05, 0.1) is 42.1 Å². The van der Waals surface area contributed by atoms with Gasteiger partial charge in [-0.1, -0.05) is 6.07 Å². The Balaban J connectivity index is 1.34. The molecule has 12 heteroatoms. The Kier molecular flexibility index (Phi) is 6.78. The first-order valence-electron chi connectivity index (χ1n) is 14.0. The monoisotopic (exact) mass is 572 g/mol. The van der Waals surface area contributed by atoms with Crippen molar-refractivity contribution in [2.75, 3.05) is 5.32 Å². The maximum atomic E-state index is 15.6. The summed E-state index contributed by atoms with van der Waals surface area (Å²) in [6.07, 6.45) is 4.88. The van der Waals surface area contributed by atoms with Gasteiger partial charge < -0.3 is 19.2 Å². The number of fused-ring (bicyclic) bond motifs is 3. The van der Waals surface area contributed by atoms with Gasteiger partial charge in [-0.3, -0.25) is 9.69 Å². The van der Waals surface area contributed by atoms with E-state index < -0.39 is 23.4 Å². The van der Waals surface area contributed by atoms with Crippen LogP contribution in [0.15, 0.2) is 43.0 Å². The molecule has 0 unspecified atom stereocenters. The molecule has 0 spiro atoms. The van der Waals surface area contributed by atoms with Crippen LogP contribution in [0.2, 0.25) is 0 Å². The average molecular weight is 573 g/mol. The van der Waals surface area contributed by atoms with Crippen molar-refractivity contribution >= 4 is 17.8 Å². The summed E-state index contributed by atoms with van der Waals surface area (Å²) in [5.74, 6) is -0.224. The highest BCUT2D eigenvalue weighted by Crippen LogP contribution is 2.42. The van der Waals surface area contributed by atoms with Crippen LogP contribution in [0, 0.1) is 5.82 Å². The van der Waals surface area contributed by atoms with Crippen LogP contribution in [0.4, 0.5) is 15.0 Å². The number of hydrogen-bond donors (Lipinski definition) is 1. The van der Waals surface area contributed by atoms with Crippen LogP contribution in [0.25, 0.3) is 17.2 Å².